The van der Waals surface area contributed by atoms with Gasteiger partial charge in [-0.15, -0.1) is 0 Å². The van der Waals surface area contributed by atoms with E-state index in [1.165, 1.54) is 11.1 Å². The third kappa shape index (κ3) is 3.92. The van der Waals surface area contributed by atoms with Crippen LogP contribution in [0.5, 0.6) is 0 Å². The predicted molar refractivity (Wildman–Crippen MR) is 89.5 cm³/mol. The van der Waals surface area contributed by atoms with Gasteiger partial charge in [0.05, 0.1) is 18.1 Å². The quantitative estimate of drug-likeness (QED) is 0.723. The number of nitriles is 1. The first kappa shape index (κ1) is 14.7. The first-order valence-corrected chi connectivity index (χ1v) is 7.40. The Hall–Kier alpha value is -3.19. The molecule has 1 aromatic heterocycles. The molecule has 23 heavy (non-hydrogen) atoms. The average molecular weight is 300 g/mol. The van der Waals surface area contributed by atoms with Gasteiger partial charge in [-0.2, -0.15) is 5.26 Å². The Kier molecular flexibility index (Phi) is 4.61. The summed E-state index contributed by atoms with van der Waals surface area (Å²) in [6.45, 7) is 1.51. The van der Waals surface area contributed by atoms with Crippen LogP contribution in [-0.2, 0) is 13.1 Å². The summed E-state index contributed by atoms with van der Waals surface area (Å²) in [7, 11) is 0. The molecular weight excluding hydrogens is 284 g/mol. The van der Waals surface area contributed by atoms with Crippen LogP contribution < -0.4 is 4.90 Å². The molecule has 112 valence electrons. The Morgan fingerprint density at radius 3 is 1.70 bits per heavy atom. The van der Waals surface area contributed by atoms with Crippen LogP contribution in [0.1, 0.15) is 17.0 Å². The third-order valence-electron chi connectivity index (χ3n) is 3.54. The van der Waals surface area contributed by atoms with Crippen molar-refractivity contribution in [2.75, 3.05) is 4.90 Å². The Morgan fingerprint density at radius 1 is 0.783 bits per heavy atom. The largest absolute Gasteiger partial charge is 0.360 e. The van der Waals surface area contributed by atoms with E-state index >= 15 is 0 Å². The van der Waals surface area contributed by atoms with Gasteiger partial charge in [-0.25, -0.2) is 9.97 Å². The van der Waals surface area contributed by atoms with Gasteiger partial charge in [0.1, 0.15) is 6.07 Å². The fraction of sp³-hybridized carbons (Fsp3) is 0.105. The van der Waals surface area contributed by atoms with Crippen LogP contribution in [0, 0.1) is 11.3 Å². The second-order valence-electron chi connectivity index (χ2n) is 5.20. The minimum Gasteiger partial charge on any atom is -0.360 e. The van der Waals surface area contributed by atoms with E-state index in [2.05, 4.69) is 39.1 Å². The molecule has 0 atom stereocenters. The number of hydrogen-bond acceptors (Lipinski definition) is 4. The lowest BCUT2D eigenvalue weighted by Crippen LogP contribution is -2.22. The van der Waals surface area contributed by atoms with Gasteiger partial charge < -0.3 is 4.90 Å². The Morgan fingerprint density at radius 2 is 1.26 bits per heavy atom. The summed E-state index contributed by atoms with van der Waals surface area (Å²) in [6.07, 6.45) is 3.41. The van der Waals surface area contributed by atoms with E-state index in [4.69, 9.17) is 5.26 Å². The van der Waals surface area contributed by atoms with Crippen molar-refractivity contribution < 1.29 is 0 Å². The maximum absolute atomic E-state index is 8.85. The minimum absolute atomic E-state index is 0.188. The Balaban J connectivity index is 1.87. The molecule has 0 unspecified atom stereocenters. The second-order valence-corrected chi connectivity index (χ2v) is 5.20. The van der Waals surface area contributed by atoms with Gasteiger partial charge in [0.2, 0.25) is 5.82 Å². The number of hydrogen-bond donors (Lipinski definition) is 0. The molecule has 2 aromatic carbocycles. The van der Waals surface area contributed by atoms with Crippen molar-refractivity contribution in [2.24, 2.45) is 0 Å². The topological polar surface area (TPSA) is 52.8 Å². The van der Waals surface area contributed by atoms with Crippen LogP contribution in [-0.4, -0.2) is 9.97 Å². The van der Waals surface area contributed by atoms with Gasteiger partial charge >= 0.3 is 0 Å². The molecule has 0 saturated carbocycles. The standard InChI is InChI=1S/C19H16N4/c20-11-19-21-12-18(13-22-19)23(14-16-7-3-1-4-8-16)15-17-9-5-2-6-10-17/h1-10,12-13H,14-15H2. The zero-order valence-corrected chi connectivity index (χ0v) is 12.6. The third-order valence-corrected chi connectivity index (χ3v) is 3.54. The van der Waals surface area contributed by atoms with E-state index in [0.717, 1.165) is 18.8 Å². The van der Waals surface area contributed by atoms with Crippen molar-refractivity contribution >= 4 is 5.69 Å². The van der Waals surface area contributed by atoms with Gasteiger partial charge in [0.25, 0.3) is 0 Å². The number of rotatable bonds is 5. The molecule has 0 bridgehead atoms. The lowest BCUT2D eigenvalue weighted by molar-refractivity contribution is 0.792. The molecule has 0 aliphatic carbocycles. The van der Waals surface area contributed by atoms with Crippen molar-refractivity contribution in [2.45, 2.75) is 13.1 Å². The molecule has 3 rings (SSSR count). The summed E-state index contributed by atoms with van der Waals surface area (Å²) in [5.41, 5.74) is 3.33. The lowest BCUT2D eigenvalue weighted by Gasteiger charge is -2.24. The number of aromatic nitrogens is 2. The Labute approximate surface area is 135 Å². The summed E-state index contributed by atoms with van der Waals surface area (Å²) in [5.74, 6) is 0.188. The van der Waals surface area contributed by atoms with Gasteiger partial charge in [-0.1, -0.05) is 60.7 Å². The molecular formula is C19H16N4. The fourth-order valence-corrected chi connectivity index (χ4v) is 2.39. The SMILES string of the molecule is N#Cc1ncc(N(Cc2ccccc2)Cc2ccccc2)cn1. The number of anilines is 1. The smallest absolute Gasteiger partial charge is 0.232 e. The van der Waals surface area contributed by atoms with Crippen LogP contribution in [0.15, 0.2) is 73.1 Å². The molecule has 0 N–H and O–H groups in total. The zero-order valence-electron chi connectivity index (χ0n) is 12.6. The molecule has 1 heterocycles. The normalized spacial score (nSPS) is 10.0. The van der Waals surface area contributed by atoms with Crippen molar-refractivity contribution in [3.63, 3.8) is 0 Å². The van der Waals surface area contributed by atoms with Crippen LogP contribution in [0.3, 0.4) is 0 Å². The number of benzene rings is 2. The van der Waals surface area contributed by atoms with E-state index < -0.39 is 0 Å². The highest BCUT2D eigenvalue weighted by Crippen LogP contribution is 2.18. The van der Waals surface area contributed by atoms with Gasteiger partial charge in [0, 0.05) is 13.1 Å². The molecule has 3 aromatic rings. The van der Waals surface area contributed by atoms with Gasteiger partial charge in [0.15, 0.2) is 0 Å². The van der Waals surface area contributed by atoms with Crippen LogP contribution in [0.2, 0.25) is 0 Å². The molecule has 0 radical (unpaired) electrons. The summed E-state index contributed by atoms with van der Waals surface area (Å²) < 4.78 is 0. The Bertz CT molecular complexity index is 736. The predicted octanol–water partition coefficient (Wildman–Crippen LogP) is 3.56. The van der Waals surface area contributed by atoms with E-state index in [9.17, 15) is 0 Å². The van der Waals surface area contributed by atoms with Crippen molar-refractivity contribution in [1.82, 2.24) is 9.97 Å². The molecule has 4 heteroatoms. The molecule has 0 amide bonds. The molecule has 0 spiro atoms. The van der Waals surface area contributed by atoms with Crippen LogP contribution in [0.4, 0.5) is 5.69 Å². The maximum atomic E-state index is 8.85. The van der Waals surface area contributed by atoms with Crippen LogP contribution >= 0.6 is 0 Å². The maximum Gasteiger partial charge on any atom is 0.232 e. The summed E-state index contributed by atoms with van der Waals surface area (Å²) >= 11 is 0. The van der Waals surface area contributed by atoms with E-state index in [1.807, 2.05) is 42.5 Å². The first-order chi connectivity index (χ1) is 11.3. The van der Waals surface area contributed by atoms with Gasteiger partial charge in [-0.05, 0) is 11.1 Å². The minimum atomic E-state index is 0.188. The van der Waals surface area contributed by atoms with E-state index in [-0.39, 0.29) is 5.82 Å². The van der Waals surface area contributed by atoms with Crippen molar-refractivity contribution in [1.29, 1.82) is 5.26 Å². The number of nitrogens with zero attached hydrogens (tertiary/aromatic N) is 4. The highest BCUT2D eigenvalue weighted by molar-refractivity contribution is 5.44. The molecule has 0 saturated heterocycles. The van der Waals surface area contributed by atoms with Crippen LogP contribution in [0.25, 0.3) is 0 Å². The molecule has 4 nitrogen and oxygen atoms in total. The fourth-order valence-electron chi connectivity index (χ4n) is 2.39. The van der Waals surface area contributed by atoms with Crippen molar-refractivity contribution in [3.05, 3.63) is 90.0 Å². The summed E-state index contributed by atoms with van der Waals surface area (Å²) in [6, 6.07) is 22.5. The lowest BCUT2D eigenvalue weighted by atomic mass is 10.1. The second kappa shape index (κ2) is 7.19. The first-order valence-electron chi connectivity index (χ1n) is 7.40. The summed E-state index contributed by atoms with van der Waals surface area (Å²) in [4.78, 5) is 10.4. The van der Waals surface area contributed by atoms with Crippen molar-refractivity contribution in [3.8, 4) is 6.07 Å². The average Bonchev–Trinajstić information content (AvgIpc) is 2.63. The van der Waals surface area contributed by atoms with E-state index in [0.29, 0.717) is 0 Å². The summed E-state index contributed by atoms with van der Waals surface area (Å²) in [5, 5.41) is 8.85. The molecule has 0 aliphatic heterocycles. The zero-order chi connectivity index (χ0) is 15.9. The highest BCUT2D eigenvalue weighted by Gasteiger charge is 2.10. The molecule has 0 aliphatic rings. The van der Waals surface area contributed by atoms with Gasteiger partial charge in [-0.3, -0.25) is 0 Å². The van der Waals surface area contributed by atoms with E-state index in [1.54, 1.807) is 12.4 Å². The highest BCUT2D eigenvalue weighted by atomic mass is 15.1. The molecule has 0 fully saturated rings. The monoisotopic (exact) mass is 300 g/mol.